The van der Waals surface area contributed by atoms with Gasteiger partial charge in [0.15, 0.2) is 5.11 Å². The van der Waals surface area contributed by atoms with Gasteiger partial charge in [0, 0.05) is 57.1 Å². The van der Waals surface area contributed by atoms with Crippen LogP contribution in [-0.2, 0) is 13.1 Å². The molecule has 0 aromatic carbocycles. The molecule has 0 aliphatic carbocycles. The summed E-state index contributed by atoms with van der Waals surface area (Å²) in [5, 5.41) is 8.73. The maximum atomic E-state index is 5.44. The molecule has 1 fully saturated rings. The van der Waals surface area contributed by atoms with Crippen molar-refractivity contribution in [1.82, 2.24) is 24.9 Å². The topological polar surface area (TPSA) is 36.3 Å². The lowest BCUT2D eigenvalue weighted by Gasteiger charge is -2.36. The number of rotatable bonds is 4. The van der Waals surface area contributed by atoms with Crippen molar-refractivity contribution in [3.05, 3.63) is 17.5 Å². The van der Waals surface area contributed by atoms with Crippen LogP contribution in [-0.4, -0.2) is 56.9 Å². The Kier molecular flexibility index (Phi) is 5.58. The molecule has 2 rings (SSSR count). The first-order valence-electron chi connectivity index (χ1n) is 7.80. The molecule has 2 heterocycles. The van der Waals surface area contributed by atoms with E-state index in [1.807, 2.05) is 4.68 Å². The third kappa shape index (κ3) is 4.41. The smallest absolute Gasteiger partial charge is 0.169 e. The Morgan fingerprint density at radius 1 is 1.33 bits per heavy atom. The lowest BCUT2D eigenvalue weighted by molar-refractivity contribution is 0.174. The minimum atomic E-state index is 0.401. The van der Waals surface area contributed by atoms with Gasteiger partial charge in [-0.3, -0.25) is 9.58 Å². The van der Waals surface area contributed by atoms with Gasteiger partial charge in [0.1, 0.15) is 0 Å². The zero-order valence-electron chi connectivity index (χ0n) is 13.6. The summed E-state index contributed by atoms with van der Waals surface area (Å²) in [5.74, 6) is 0. The van der Waals surface area contributed by atoms with E-state index in [2.05, 4.69) is 54.1 Å². The van der Waals surface area contributed by atoms with Crippen LogP contribution in [0.1, 0.15) is 32.0 Å². The van der Waals surface area contributed by atoms with E-state index in [0.717, 1.165) is 50.1 Å². The molecule has 1 aliphatic rings. The van der Waals surface area contributed by atoms with Crippen molar-refractivity contribution in [1.29, 1.82) is 0 Å². The van der Waals surface area contributed by atoms with E-state index in [4.69, 9.17) is 12.2 Å². The molecule has 6 heteroatoms. The maximum absolute atomic E-state index is 5.44. The Morgan fingerprint density at radius 2 is 2.00 bits per heavy atom. The zero-order chi connectivity index (χ0) is 15.4. The molecule has 0 radical (unpaired) electrons. The monoisotopic (exact) mass is 309 g/mol. The highest BCUT2D eigenvalue weighted by Crippen LogP contribution is 2.12. The predicted molar refractivity (Wildman–Crippen MR) is 90.4 cm³/mol. The highest BCUT2D eigenvalue weighted by molar-refractivity contribution is 7.80. The third-order valence-corrected chi connectivity index (χ3v) is 4.21. The van der Waals surface area contributed by atoms with Crippen molar-refractivity contribution in [2.45, 2.75) is 46.8 Å². The number of thiocarbonyl (C=S) groups is 1. The van der Waals surface area contributed by atoms with E-state index in [-0.39, 0.29) is 0 Å². The van der Waals surface area contributed by atoms with Crippen LogP contribution in [0.3, 0.4) is 0 Å². The summed E-state index contributed by atoms with van der Waals surface area (Å²) < 4.78 is 2.02. The Bertz CT molecular complexity index is 474. The van der Waals surface area contributed by atoms with Crippen molar-refractivity contribution >= 4 is 17.3 Å². The molecule has 1 N–H and O–H groups in total. The molecule has 5 nitrogen and oxygen atoms in total. The van der Waals surface area contributed by atoms with Crippen LogP contribution in [0.2, 0.25) is 0 Å². The van der Waals surface area contributed by atoms with Gasteiger partial charge in [-0.05, 0) is 39.9 Å². The van der Waals surface area contributed by atoms with Crippen LogP contribution >= 0.6 is 12.2 Å². The van der Waals surface area contributed by atoms with E-state index >= 15 is 0 Å². The van der Waals surface area contributed by atoms with Crippen LogP contribution in [0, 0.1) is 6.92 Å². The summed E-state index contributed by atoms with van der Waals surface area (Å²) in [5.41, 5.74) is 2.49. The van der Waals surface area contributed by atoms with Gasteiger partial charge >= 0.3 is 0 Å². The summed E-state index contributed by atoms with van der Waals surface area (Å²) in [6.45, 7) is 14.5. The van der Waals surface area contributed by atoms with Crippen LogP contribution in [0.15, 0.2) is 6.20 Å². The van der Waals surface area contributed by atoms with E-state index in [0.29, 0.717) is 6.04 Å². The van der Waals surface area contributed by atoms with Crippen molar-refractivity contribution < 1.29 is 0 Å². The fourth-order valence-corrected chi connectivity index (χ4v) is 2.98. The predicted octanol–water partition coefficient (Wildman–Crippen LogP) is 1.61. The van der Waals surface area contributed by atoms with Gasteiger partial charge in [0.05, 0.1) is 5.69 Å². The molecule has 0 atom stereocenters. The third-order valence-electron chi connectivity index (χ3n) is 3.84. The first-order valence-corrected chi connectivity index (χ1v) is 8.21. The molecule has 1 aliphatic heterocycles. The lowest BCUT2D eigenvalue weighted by atomic mass is 10.2. The van der Waals surface area contributed by atoms with E-state index in [1.165, 1.54) is 5.56 Å². The molecule has 1 aromatic heterocycles. The van der Waals surface area contributed by atoms with E-state index in [9.17, 15) is 0 Å². The second-order valence-electron chi connectivity index (χ2n) is 5.96. The molecule has 1 aromatic rings. The first kappa shape index (κ1) is 16.2. The van der Waals surface area contributed by atoms with Gasteiger partial charge in [-0.1, -0.05) is 0 Å². The average molecular weight is 309 g/mol. The van der Waals surface area contributed by atoms with Crippen LogP contribution in [0.4, 0.5) is 0 Å². The Morgan fingerprint density at radius 3 is 2.52 bits per heavy atom. The van der Waals surface area contributed by atoms with Gasteiger partial charge in [-0.25, -0.2) is 0 Å². The number of aromatic nitrogens is 2. The zero-order valence-corrected chi connectivity index (χ0v) is 14.4. The summed E-state index contributed by atoms with van der Waals surface area (Å²) in [6.07, 6.45) is 2.17. The van der Waals surface area contributed by atoms with Crippen LogP contribution < -0.4 is 5.32 Å². The van der Waals surface area contributed by atoms with Gasteiger partial charge in [-0.15, -0.1) is 0 Å². The second-order valence-corrected chi connectivity index (χ2v) is 6.35. The largest absolute Gasteiger partial charge is 0.360 e. The fraction of sp³-hybridized carbons (Fsp3) is 0.733. The molecule has 1 saturated heterocycles. The van der Waals surface area contributed by atoms with Gasteiger partial charge in [0.25, 0.3) is 0 Å². The number of hydrogen-bond acceptors (Lipinski definition) is 3. The number of hydrogen-bond donors (Lipinski definition) is 1. The SMILES string of the molecule is CCn1cc(CN2CCN(C(=S)NC(C)C)CC2)c(C)n1. The molecule has 118 valence electrons. The summed E-state index contributed by atoms with van der Waals surface area (Å²) in [7, 11) is 0. The molecule has 0 saturated carbocycles. The molecular formula is C15H27N5S. The second kappa shape index (κ2) is 7.22. The summed E-state index contributed by atoms with van der Waals surface area (Å²) in [6, 6.07) is 0.401. The molecular weight excluding hydrogens is 282 g/mol. The quantitative estimate of drug-likeness (QED) is 0.855. The fourth-order valence-electron chi connectivity index (χ4n) is 2.56. The minimum Gasteiger partial charge on any atom is -0.360 e. The molecule has 0 amide bonds. The average Bonchev–Trinajstić information content (AvgIpc) is 2.79. The molecule has 0 spiro atoms. The first-order chi connectivity index (χ1) is 9.99. The Balaban J connectivity index is 1.83. The highest BCUT2D eigenvalue weighted by Gasteiger charge is 2.20. The van der Waals surface area contributed by atoms with Crippen molar-refractivity contribution in [3.8, 4) is 0 Å². The van der Waals surface area contributed by atoms with Crippen LogP contribution in [0.5, 0.6) is 0 Å². The molecule has 21 heavy (non-hydrogen) atoms. The van der Waals surface area contributed by atoms with E-state index in [1.54, 1.807) is 0 Å². The van der Waals surface area contributed by atoms with Gasteiger partial charge < -0.3 is 10.2 Å². The lowest BCUT2D eigenvalue weighted by Crippen LogP contribution is -2.52. The van der Waals surface area contributed by atoms with Crippen LogP contribution in [0.25, 0.3) is 0 Å². The Hall–Kier alpha value is -1.14. The number of nitrogens with one attached hydrogen (secondary N) is 1. The minimum absolute atomic E-state index is 0.401. The number of aryl methyl sites for hydroxylation is 2. The highest BCUT2D eigenvalue weighted by atomic mass is 32.1. The van der Waals surface area contributed by atoms with E-state index < -0.39 is 0 Å². The number of piperazine rings is 1. The van der Waals surface area contributed by atoms with Crippen molar-refractivity contribution in [3.63, 3.8) is 0 Å². The molecule has 0 bridgehead atoms. The summed E-state index contributed by atoms with van der Waals surface area (Å²) in [4.78, 5) is 4.76. The molecule has 0 unspecified atom stereocenters. The van der Waals surface area contributed by atoms with Crippen molar-refractivity contribution in [2.75, 3.05) is 26.2 Å². The number of nitrogens with zero attached hydrogens (tertiary/aromatic N) is 4. The summed E-state index contributed by atoms with van der Waals surface area (Å²) >= 11 is 5.44. The van der Waals surface area contributed by atoms with Gasteiger partial charge in [-0.2, -0.15) is 5.10 Å². The normalized spacial score (nSPS) is 16.5. The Labute approximate surface area is 133 Å². The van der Waals surface area contributed by atoms with Gasteiger partial charge in [0.2, 0.25) is 0 Å². The van der Waals surface area contributed by atoms with Crippen molar-refractivity contribution in [2.24, 2.45) is 0 Å². The maximum Gasteiger partial charge on any atom is 0.169 e. The standard InChI is InChI=1S/C15H27N5S/c1-5-20-11-14(13(4)17-20)10-18-6-8-19(9-7-18)15(21)16-12(2)3/h11-12H,5-10H2,1-4H3,(H,16,21).